The number of fused-ring (bicyclic) bond motifs is 1. The molecule has 2 fully saturated rings. The SMILES string of the molecule is Cc1nn(C)c2nc(C3CC3)cc(C(=O)NCC(=O)NC3CC3)c12. The summed E-state index contributed by atoms with van der Waals surface area (Å²) in [6.45, 7) is 1.87. The predicted octanol–water partition coefficient (Wildman–Crippen LogP) is 1.16. The summed E-state index contributed by atoms with van der Waals surface area (Å²) in [6, 6.07) is 2.16. The third kappa shape index (κ3) is 2.86. The van der Waals surface area contributed by atoms with Gasteiger partial charge in [0.25, 0.3) is 5.91 Å². The van der Waals surface area contributed by atoms with Crippen LogP contribution in [0.5, 0.6) is 0 Å². The Morgan fingerprint density at radius 3 is 2.71 bits per heavy atom. The second-order valence-electron chi connectivity index (χ2n) is 6.80. The molecule has 0 saturated heterocycles. The first-order chi connectivity index (χ1) is 11.5. The normalized spacial score (nSPS) is 17.1. The monoisotopic (exact) mass is 327 g/mol. The van der Waals surface area contributed by atoms with Gasteiger partial charge in [0.05, 0.1) is 23.2 Å². The molecule has 2 aliphatic carbocycles. The van der Waals surface area contributed by atoms with Gasteiger partial charge in [-0.2, -0.15) is 5.10 Å². The molecule has 0 aliphatic heterocycles. The fourth-order valence-electron chi connectivity index (χ4n) is 2.99. The fraction of sp³-hybridized carbons (Fsp3) is 0.529. The molecule has 7 heteroatoms. The van der Waals surface area contributed by atoms with Gasteiger partial charge < -0.3 is 10.6 Å². The molecule has 2 N–H and O–H groups in total. The van der Waals surface area contributed by atoms with Crippen molar-refractivity contribution >= 4 is 22.8 Å². The molecule has 2 aromatic rings. The predicted molar refractivity (Wildman–Crippen MR) is 88.7 cm³/mol. The number of pyridine rings is 1. The smallest absolute Gasteiger partial charge is 0.252 e. The van der Waals surface area contributed by atoms with E-state index in [1.807, 2.05) is 20.0 Å². The van der Waals surface area contributed by atoms with Crippen LogP contribution < -0.4 is 10.6 Å². The molecule has 2 saturated carbocycles. The summed E-state index contributed by atoms with van der Waals surface area (Å²) in [6.07, 6.45) is 4.29. The zero-order chi connectivity index (χ0) is 16.8. The number of nitrogens with zero attached hydrogens (tertiary/aromatic N) is 3. The van der Waals surface area contributed by atoms with Gasteiger partial charge in [-0.1, -0.05) is 0 Å². The number of carbonyl (C=O) groups excluding carboxylic acids is 2. The quantitative estimate of drug-likeness (QED) is 0.862. The summed E-state index contributed by atoms with van der Waals surface area (Å²) in [5, 5.41) is 10.8. The molecule has 0 unspecified atom stereocenters. The highest BCUT2D eigenvalue weighted by Gasteiger charge is 2.29. The van der Waals surface area contributed by atoms with Crippen molar-refractivity contribution in [2.75, 3.05) is 6.54 Å². The Labute approximate surface area is 139 Å². The van der Waals surface area contributed by atoms with Crippen LogP contribution in [0.25, 0.3) is 11.0 Å². The Bertz CT molecular complexity index is 833. The number of aryl methyl sites for hydroxylation is 2. The van der Waals surface area contributed by atoms with Gasteiger partial charge in [-0.25, -0.2) is 4.98 Å². The lowest BCUT2D eigenvalue weighted by Gasteiger charge is -2.09. The summed E-state index contributed by atoms with van der Waals surface area (Å²) in [5.41, 5.74) is 3.00. The molecule has 0 spiro atoms. The lowest BCUT2D eigenvalue weighted by atomic mass is 10.1. The zero-order valence-electron chi connectivity index (χ0n) is 13.9. The highest BCUT2D eigenvalue weighted by molar-refractivity contribution is 6.07. The van der Waals surface area contributed by atoms with Crippen LogP contribution in [0.15, 0.2) is 6.07 Å². The molecule has 126 valence electrons. The summed E-state index contributed by atoms with van der Waals surface area (Å²) in [7, 11) is 1.84. The minimum Gasteiger partial charge on any atom is -0.352 e. The first-order valence-electron chi connectivity index (χ1n) is 8.44. The standard InChI is InChI=1S/C17H21N5O2/c1-9-15-12(17(24)18-8-14(23)19-11-5-6-11)7-13(10-3-4-10)20-16(15)22(2)21-9/h7,10-11H,3-6,8H2,1-2H3,(H,18,24)(H,19,23). The van der Waals surface area contributed by atoms with Gasteiger partial charge in [-0.3, -0.25) is 14.3 Å². The maximum absolute atomic E-state index is 12.7. The molecule has 0 aromatic carbocycles. The van der Waals surface area contributed by atoms with E-state index in [2.05, 4.69) is 20.7 Å². The molecule has 0 atom stereocenters. The van der Waals surface area contributed by atoms with Gasteiger partial charge in [0.1, 0.15) is 0 Å². The number of rotatable bonds is 5. The van der Waals surface area contributed by atoms with Crippen molar-refractivity contribution in [2.45, 2.75) is 44.6 Å². The van der Waals surface area contributed by atoms with E-state index in [0.29, 0.717) is 17.5 Å². The van der Waals surface area contributed by atoms with E-state index in [-0.39, 0.29) is 18.4 Å². The molecular weight excluding hydrogens is 306 g/mol. The summed E-state index contributed by atoms with van der Waals surface area (Å²) in [5.74, 6) is 0.0575. The van der Waals surface area contributed by atoms with Gasteiger partial charge in [-0.15, -0.1) is 0 Å². The topological polar surface area (TPSA) is 88.9 Å². The van der Waals surface area contributed by atoms with Crippen LogP contribution in [0.4, 0.5) is 0 Å². The van der Waals surface area contributed by atoms with Crippen LogP contribution in [0.3, 0.4) is 0 Å². The molecule has 2 aliphatic rings. The van der Waals surface area contributed by atoms with Crippen LogP contribution in [-0.4, -0.2) is 39.2 Å². The van der Waals surface area contributed by atoms with Gasteiger partial charge in [0.15, 0.2) is 5.65 Å². The fourth-order valence-corrected chi connectivity index (χ4v) is 2.99. The Kier molecular flexibility index (Phi) is 3.51. The number of aromatic nitrogens is 3. The first-order valence-corrected chi connectivity index (χ1v) is 8.44. The second kappa shape index (κ2) is 5.58. The number of carbonyl (C=O) groups is 2. The molecule has 0 bridgehead atoms. The molecule has 7 nitrogen and oxygen atoms in total. The zero-order valence-corrected chi connectivity index (χ0v) is 13.9. The Hall–Kier alpha value is -2.44. The lowest BCUT2D eigenvalue weighted by molar-refractivity contribution is -0.120. The molecule has 2 heterocycles. The maximum Gasteiger partial charge on any atom is 0.252 e. The Morgan fingerprint density at radius 2 is 2.04 bits per heavy atom. The highest BCUT2D eigenvalue weighted by atomic mass is 16.2. The molecular formula is C17H21N5O2. The van der Waals surface area contributed by atoms with E-state index in [4.69, 9.17) is 0 Å². The van der Waals surface area contributed by atoms with E-state index in [0.717, 1.165) is 48.1 Å². The van der Waals surface area contributed by atoms with E-state index in [1.54, 1.807) is 4.68 Å². The van der Waals surface area contributed by atoms with Crippen LogP contribution in [-0.2, 0) is 11.8 Å². The van der Waals surface area contributed by atoms with Crippen LogP contribution in [0, 0.1) is 6.92 Å². The van der Waals surface area contributed by atoms with Crippen LogP contribution in [0.1, 0.15) is 53.3 Å². The third-order valence-electron chi connectivity index (χ3n) is 4.58. The minimum absolute atomic E-state index is 0.00276. The van der Waals surface area contributed by atoms with Crippen LogP contribution >= 0.6 is 0 Å². The first kappa shape index (κ1) is 15.1. The molecule has 2 aromatic heterocycles. The van der Waals surface area contributed by atoms with Crippen molar-refractivity contribution in [1.29, 1.82) is 0 Å². The largest absolute Gasteiger partial charge is 0.352 e. The van der Waals surface area contributed by atoms with E-state index in [1.165, 1.54) is 0 Å². The molecule has 2 amide bonds. The van der Waals surface area contributed by atoms with E-state index < -0.39 is 0 Å². The minimum atomic E-state index is -0.244. The van der Waals surface area contributed by atoms with Crippen molar-refractivity contribution < 1.29 is 9.59 Å². The second-order valence-corrected chi connectivity index (χ2v) is 6.80. The average Bonchev–Trinajstić information content (AvgIpc) is 3.45. The van der Waals surface area contributed by atoms with Crippen LogP contribution in [0.2, 0.25) is 0 Å². The molecule has 0 radical (unpaired) electrons. The number of hydrogen-bond donors (Lipinski definition) is 2. The van der Waals surface area contributed by atoms with Crippen molar-refractivity contribution in [1.82, 2.24) is 25.4 Å². The lowest BCUT2D eigenvalue weighted by Crippen LogP contribution is -2.37. The van der Waals surface area contributed by atoms with Crippen molar-refractivity contribution in [3.05, 3.63) is 23.0 Å². The number of hydrogen-bond acceptors (Lipinski definition) is 4. The van der Waals surface area contributed by atoms with Gasteiger partial charge in [-0.05, 0) is 38.7 Å². The Morgan fingerprint density at radius 1 is 1.29 bits per heavy atom. The third-order valence-corrected chi connectivity index (χ3v) is 4.58. The molecule has 4 rings (SSSR count). The van der Waals surface area contributed by atoms with Crippen molar-refractivity contribution in [3.63, 3.8) is 0 Å². The van der Waals surface area contributed by atoms with Crippen molar-refractivity contribution in [2.24, 2.45) is 7.05 Å². The summed E-state index contributed by atoms with van der Waals surface area (Å²) >= 11 is 0. The highest BCUT2D eigenvalue weighted by Crippen LogP contribution is 2.40. The summed E-state index contributed by atoms with van der Waals surface area (Å²) < 4.78 is 1.72. The van der Waals surface area contributed by atoms with Gasteiger partial charge in [0, 0.05) is 24.7 Å². The van der Waals surface area contributed by atoms with E-state index >= 15 is 0 Å². The number of nitrogens with one attached hydrogen (secondary N) is 2. The van der Waals surface area contributed by atoms with Gasteiger partial charge >= 0.3 is 0 Å². The summed E-state index contributed by atoms with van der Waals surface area (Å²) in [4.78, 5) is 29.1. The van der Waals surface area contributed by atoms with E-state index in [9.17, 15) is 9.59 Å². The van der Waals surface area contributed by atoms with Crippen molar-refractivity contribution in [3.8, 4) is 0 Å². The average molecular weight is 327 g/mol. The molecule has 24 heavy (non-hydrogen) atoms. The maximum atomic E-state index is 12.7. The Balaban J connectivity index is 1.61. The van der Waals surface area contributed by atoms with Gasteiger partial charge in [0.2, 0.25) is 5.91 Å². The number of amides is 2.